The maximum absolute atomic E-state index is 11.7. The first-order chi connectivity index (χ1) is 10.8. The van der Waals surface area contributed by atoms with Crippen molar-refractivity contribution in [1.29, 1.82) is 0 Å². The lowest BCUT2D eigenvalue weighted by Gasteiger charge is -2.42. The molecule has 3 heteroatoms. The summed E-state index contributed by atoms with van der Waals surface area (Å²) in [5, 5.41) is 19.9. The van der Waals surface area contributed by atoms with Gasteiger partial charge in [-0.25, -0.2) is 4.79 Å². The van der Waals surface area contributed by atoms with Gasteiger partial charge in [0.05, 0.1) is 11.7 Å². The van der Waals surface area contributed by atoms with E-state index >= 15 is 0 Å². The first kappa shape index (κ1) is 18.0. The maximum Gasteiger partial charge on any atom is 0.333 e. The van der Waals surface area contributed by atoms with Crippen LogP contribution in [0.15, 0.2) is 35.5 Å². The summed E-state index contributed by atoms with van der Waals surface area (Å²) in [5.41, 5.74) is 2.54. The smallest absolute Gasteiger partial charge is 0.333 e. The predicted molar refractivity (Wildman–Crippen MR) is 93.0 cm³/mol. The van der Waals surface area contributed by atoms with Crippen molar-refractivity contribution in [1.82, 2.24) is 0 Å². The maximum atomic E-state index is 11.7. The standard InChI is InChI=1S/C20H30O3/c1-12(2)15-9-7-14(4)16-8-5-13(3)6-10-19(21)18(20(22)23)11-17(15)16/h6,11,14-17,19,21H,1,5,7-10H2,2-4H3,(H,22,23)/b13-6+,18-11?/t14-,15-,16+,17-,19-/m0/s1. The summed E-state index contributed by atoms with van der Waals surface area (Å²) in [6.07, 6.45) is 7.65. The van der Waals surface area contributed by atoms with Gasteiger partial charge in [-0.2, -0.15) is 0 Å². The van der Waals surface area contributed by atoms with Crippen LogP contribution in [0.1, 0.15) is 52.9 Å². The van der Waals surface area contributed by atoms with E-state index in [0.717, 1.165) is 24.8 Å². The molecule has 2 aliphatic carbocycles. The fraction of sp³-hybridized carbons (Fsp3) is 0.650. The molecule has 0 bridgehead atoms. The average molecular weight is 318 g/mol. The molecule has 0 unspecified atom stereocenters. The molecule has 0 aromatic heterocycles. The van der Waals surface area contributed by atoms with Crippen LogP contribution in [-0.4, -0.2) is 22.3 Å². The van der Waals surface area contributed by atoms with Gasteiger partial charge in [-0.05, 0) is 69.6 Å². The molecule has 23 heavy (non-hydrogen) atoms. The number of fused-ring (bicyclic) bond motifs is 1. The van der Waals surface area contributed by atoms with Crippen LogP contribution in [0.3, 0.4) is 0 Å². The van der Waals surface area contributed by atoms with Crippen LogP contribution in [0.25, 0.3) is 0 Å². The Kier molecular flexibility index (Phi) is 5.85. The minimum absolute atomic E-state index is 0.159. The third kappa shape index (κ3) is 4.14. The second-order valence-electron chi connectivity index (χ2n) is 7.52. The number of aliphatic carboxylic acids is 1. The summed E-state index contributed by atoms with van der Waals surface area (Å²) in [7, 11) is 0. The summed E-state index contributed by atoms with van der Waals surface area (Å²) in [4.78, 5) is 11.7. The van der Waals surface area contributed by atoms with Gasteiger partial charge >= 0.3 is 5.97 Å². The molecule has 0 aromatic carbocycles. The molecule has 3 nitrogen and oxygen atoms in total. The molecule has 0 saturated heterocycles. The van der Waals surface area contributed by atoms with Gasteiger partial charge in [0.15, 0.2) is 0 Å². The topological polar surface area (TPSA) is 57.5 Å². The van der Waals surface area contributed by atoms with Crippen LogP contribution in [-0.2, 0) is 4.79 Å². The fourth-order valence-corrected chi connectivity index (χ4v) is 4.29. The SMILES string of the molecule is C=C(C)[C@@H]1CC[C@H](C)[C@H]2CC/C(C)=C/C[C@H](O)C(C(=O)O)=C[C@H]21. The van der Waals surface area contributed by atoms with Gasteiger partial charge in [0, 0.05) is 0 Å². The molecule has 1 saturated carbocycles. The van der Waals surface area contributed by atoms with Crippen molar-refractivity contribution in [2.45, 2.75) is 59.0 Å². The molecule has 2 aliphatic rings. The second-order valence-corrected chi connectivity index (χ2v) is 7.52. The number of carboxylic acids is 1. The Morgan fingerprint density at radius 2 is 2.00 bits per heavy atom. The molecule has 0 amide bonds. The summed E-state index contributed by atoms with van der Waals surface area (Å²) in [5.74, 6) is 0.519. The van der Waals surface area contributed by atoms with Crippen LogP contribution < -0.4 is 0 Å². The van der Waals surface area contributed by atoms with Crippen molar-refractivity contribution in [3.8, 4) is 0 Å². The van der Waals surface area contributed by atoms with Crippen molar-refractivity contribution in [3.05, 3.63) is 35.5 Å². The molecule has 0 aromatic rings. The summed E-state index contributed by atoms with van der Waals surface area (Å²) < 4.78 is 0. The van der Waals surface area contributed by atoms with Gasteiger partial charge in [-0.1, -0.05) is 36.8 Å². The van der Waals surface area contributed by atoms with Gasteiger partial charge in [0.25, 0.3) is 0 Å². The highest BCUT2D eigenvalue weighted by Crippen LogP contribution is 2.45. The van der Waals surface area contributed by atoms with E-state index in [1.54, 1.807) is 0 Å². The lowest BCUT2D eigenvalue weighted by Crippen LogP contribution is -2.34. The zero-order valence-electron chi connectivity index (χ0n) is 14.6. The predicted octanol–water partition coefficient (Wildman–Crippen LogP) is 4.34. The van der Waals surface area contributed by atoms with Gasteiger partial charge in [0.2, 0.25) is 0 Å². The van der Waals surface area contributed by atoms with Gasteiger partial charge in [-0.3, -0.25) is 0 Å². The van der Waals surface area contributed by atoms with Gasteiger partial charge in [0.1, 0.15) is 0 Å². The molecule has 0 heterocycles. The van der Waals surface area contributed by atoms with Crippen molar-refractivity contribution < 1.29 is 15.0 Å². The average Bonchev–Trinajstić information content (AvgIpc) is 2.48. The number of carboxylic acid groups (broad SMARTS) is 1. The van der Waals surface area contributed by atoms with Gasteiger partial charge in [-0.15, -0.1) is 0 Å². The largest absolute Gasteiger partial charge is 0.478 e. The molecule has 0 spiro atoms. The Bertz CT molecular complexity index is 529. The van der Waals surface area contributed by atoms with Crippen molar-refractivity contribution in [3.63, 3.8) is 0 Å². The fourth-order valence-electron chi connectivity index (χ4n) is 4.29. The number of hydrogen-bond acceptors (Lipinski definition) is 2. The van der Waals surface area contributed by atoms with Crippen LogP contribution in [0, 0.1) is 23.7 Å². The molecule has 1 fully saturated rings. The van der Waals surface area contributed by atoms with Crippen molar-refractivity contribution >= 4 is 5.97 Å². The number of aliphatic hydroxyl groups is 1. The zero-order chi connectivity index (χ0) is 17.1. The highest BCUT2D eigenvalue weighted by Gasteiger charge is 2.37. The minimum Gasteiger partial charge on any atom is -0.478 e. The summed E-state index contributed by atoms with van der Waals surface area (Å²) >= 11 is 0. The molecule has 2 N–H and O–H groups in total. The second kappa shape index (κ2) is 7.48. The van der Waals surface area contributed by atoms with E-state index in [1.807, 2.05) is 19.1 Å². The molecular formula is C20H30O3. The number of hydrogen-bond donors (Lipinski definition) is 2. The molecule has 128 valence electrons. The lowest BCUT2D eigenvalue weighted by atomic mass is 9.63. The quantitative estimate of drug-likeness (QED) is 0.745. The van der Waals surface area contributed by atoms with E-state index in [-0.39, 0.29) is 11.5 Å². The molecule has 5 atom stereocenters. The Balaban J connectivity index is 2.47. The number of allylic oxidation sites excluding steroid dienone is 3. The van der Waals surface area contributed by atoms with Crippen LogP contribution in [0.2, 0.25) is 0 Å². The highest BCUT2D eigenvalue weighted by atomic mass is 16.4. The van der Waals surface area contributed by atoms with E-state index in [1.165, 1.54) is 12.0 Å². The Labute approximate surface area is 139 Å². The van der Waals surface area contributed by atoms with E-state index < -0.39 is 12.1 Å². The zero-order valence-corrected chi connectivity index (χ0v) is 14.6. The molecule has 0 radical (unpaired) electrons. The Morgan fingerprint density at radius 3 is 2.61 bits per heavy atom. The van der Waals surface area contributed by atoms with Crippen molar-refractivity contribution in [2.24, 2.45) is 23.7 Å². The Hall–Kier alpha value is -1.35. The summed E-state index contributed by atoms with van der Waals surface area (Å²) in [6.45, 7) is 10.6. The molecule has 2 rings (SSSR count). The molecule has 0 aliphatic heterocycles. The normalized spacial score (nSPS) is 37.8. The third-order valence-electron chi connectivity index (χ3n) is 5.80. The highest BCUT2D eigenvalue weighted by molar-refractivity contribution is 5.87. The first-order valence-electron chi connectivity index (χ1n) is 8.75. The number of carbonyl (C=O) groups is 1. The monoisotopic (exact) mass is 318 g/mol. The van der Waals surface area contributed by atoms with E-state index in [0.29, 0.717) is 24.2 Å². The van der Waals surface area contributed by atoms with E-state index in [9.17, 15) is 15.0 Å². The van der Waals surface area contributed by atoms with Crippen molar-refractivity contribution in [2.75, 3.05) is 0 Å². The van der Waals surface area contributed by atoms with E-state index in [4.69, 9.17) is 0 Å². The Morgan fingerprint density at radius 1 is 1.30 bits per heavy atom. The lowest BCUT2D eigenvalue weighted by molar-refractivity contribution is -0.133. The van der Waals surface area contributed by atoms with Crippen LogP contribution in [0.4, 0.5) is 0 Å². The number of aliphatic hydroxyl groups excluding tert-OH is 1. The van der Waals surface area contributed by atoms with E-state index in [2.05, 4.69) is 20.4 Å². The first-order valence-corrected chi connectivity index (χ1v) is 8.75. The minimum atomic E-state index is -0.999. The van der Waals surface area contributed by atoms with Crippen LogP contribution in [0.5, 0.6) is 0 Å². The number of rotatable bonds is 2. The van der Waals surface area contributed by atoms with Gasteiger partial charge < -0.3 is 10.2 Å². The molecular weight excluding hydrogens is 288 g/mol. The van der Waals surface area contributed by atoms with Crippen LogP contribution >= 0.6 is 0 Å². The summed E-state index contributed by atoms with van der Waals surface area (Å²) in [6, 6.07) is 0. The third-order valence-corrected chi connectivity index (χ3v) is 5.80.